The lowest BCUT2D eigenvalue weighted by molar-refractivity contribution is -0.385. The number of nitrogens with one attached hydrogen (secondary N) is 1. The largest absolute Gasteiger partial charge is 0.399 e. The number of nitrogens with zero attached hydrogens (tertiary/aromatic N) is 3. The summed E-state index contributed by atoms with van der Waals surface area (Å²) < 4.78 is 0. The molecule has 0 aliphatic heterocycles. The molecule has 104 valence electrons. The molecule has 20 heavy (non-hydrogen) atoms. The third kappa shape index (κ3) is 2.74. The average Bonchev–Trinajstić information content (AvgIpc) is 2.90. The smallest absolute Gasteiger partial charge is 0.282 e. The van der Waals surface area contributed by atoms with Gasteiger partial charge in [-0.2, -0.15) is 5.10 Å². The van der Waals surface area contributed by atoms with E-state index in [0.29, 0.717) is 12.2 Å². The lowest BCUT2D eigenvalue weighted by Crippen LogP contribution is -2.26. The predicted octanol–water partition coefficient (Wildman–Crippen LogP) is 1.17. The molecule has 0 aliphatic carbocycles. The number of aromatic nitrogens is 2. The van der Waals surface area contributed by atoms with Gasteiger partial charge in [0.05, 0.1) is 11.1 Å². The van der Waals surface area contributed by atoms with E-state index in [0.717, 1.165) is 5.56 Å². The minimum Gasteiger partial charge on any atom is -0.399 e. The molecule has 3 N–H and O–H groups in total. The van der Waals surface area contributed by atoms with E-state index in [2.05, 4.69) is 10.2 Å². The Morgan fingerprint density at radius 2 is 2.30 bits per heavy atom. The lowest BCUT2D eigenvalue weighted by Gasteiger charge is -2.16. The zero-order valence-electron chi connectivity index (χ0n) is 10.7. The molecule has 0 radical (unpaired) electrons. The van der Waals surface area contributed by atoms with E-state index in [1.165, 1.54) is 23.1 Å². The molecule has 0 spiro atoms. The van der Waals surface area contributed by atoms with E-state index < -0.39 is 10.8 Å². The van der Waals surface area contributed by atoms with Gasteiger partial charge in [0, 0.05) is 37.1 Å². The molecule has 0 saturated heterocycles. The molecule has 0 atom stereocenters. The van der Waals surface area contributed by atoms with Gasteiger partial charge in [-0.1, -0.05) is 0 Å². The number of carbonyl (C=O) groups is 1. The number of rotatable bonds is 4. The van der Waals surface area contributed by atoms with Crippen molar-refractivity contribution in [3.8, 4) is 0 Å². The standard InChI is InChI=1S/C12H13N5O3/c1-16(7-8-5-14-15-6-8)12(18)10-4-9(13)2-3-11(10)17(19)20/h2-6H,7,13H2,1H3,(H,14,15). The van der Waals surface area contributed by atoms with Gasteiger partial charge in [-0.3, -0.25) is 20.0 Å². The fourth-order valence-electron chi connectivity index (χ4n) is 1.80. The minimum atomic E-state index is -0.599. The fourth-order valence-corrected chi connectivity index (χ4v) is 1.80. The molecule has 0 saturated carbocycles. The predicted molar refractivity (Wildman–Crippen MR) is 71.9 cm³/mol. The van der Waals surface area contributed by atoms with Gasteiger partial charge < -0.3 is 10.6 Å². The summed E-state index contributed by atoms with van der Waals surface area (Å²) in [4.78, 5) is 24.0. The molecule has 1 aromatic carbocycles. The maximum atomic E-state index is 12.3. The molecule has 8 heteroatoms. The van der Waals surface area contributed by atoms with Crippen molar-refractivity contribution in [3.63, 3.8) is 0 Å². The summed E-state index contributed by atoms with van der Waals surface area (Å²) in [5, 5.41) is 17.4. The first-order valence-electron chi connectivity index (χ1n) is 5.76. The summed E-state index contributed by atoms with van der Waals surface area (Å²) in [5.41, 5.74) is 6.41. The number of anilines is 1. The van der Waals surface area contributed by atoms with Gasteiger partial charge in [0.25, 0.3) is 11.6 Å². The quantitative estimate of drug-likeness (QED) is 0.493. The van der Waals surface area contributed by atoms with Gasteiger partial charge in [-0.05, 0) is 12.1 Å². The van der Waals surface area contributed by atoms with E-state index in [4.69, 9.17) is 5.73 Å². The Bertz CT molecular complexity index is 639. The second-order valence-electron chi connectivity index (χ2n) is 4.30. The van der Waals surface area contributed by atoms with Gasteiger partial charge >= 0.3 is 0 Å². The number of nitrogen functional groups attached to an aromatic ring is 1. The Balaban J connectivity index is 2.28. The average molecular weight is 275 g/mol. The van der Waals surface area contributed by atoms with Gasteiger partial charge in [0.15, 0.2) is 0 Å². The van der Waals surface area contributed by atoms with Crippen molar-refractivity contribution in [2.24, 2.45) is 0 Å². The molecule has 8 nitrogen and oxygen atoms in total. The highest BCUT2D eigenvalue weighted by atomic mass is 16.6. The second kappa shape index (κ2) is 5.39. The van der Waals surface area contributed by atoms with Crippen molar-refractivity contribution in [2.45, 2.75) is 6.54 Å². The van der Waals surface area contributed by atoms with Crippen LogP contribution in [0.3, 0.4) is 0 Å². The van der Waals surface area contributed by atoms with Gasteiger partial charge in [-0.15, -0.1) is 0 Å². The van der Waals surface area contributed by atoms with Crippen LogP contribution in [0.1, 0.15) is 15.9 Å². The van der Waals surface area contributed by atoms with Crippen LogP contribution in [0.25, 0.3) is 0 Å². The third-order valence-corrected chi connectivity index (χ3v) is 2.77. The Hall–Kier alpha value is -2.90. The topological polar surface area (TPSA) is 118 Å². The van der Waals surface area contributed by atoms with Crippen LogP contribution in [0.4, 0.5) is 11.4 Å². The summed E-state index contributed by atoms with van der Waals surface area (Å²) in [6.07, 6.45) is 3.23. The number of aromatic amines is 1. The molecule has 1 heterocycles. The number of nitrogens with two attached hydrogens (primary N) is 1. The van der Waals surface area contributed by atoms with Crippen LogP contribution in [0.15, 0.2) is 30.6 Å². The molecule has 0 unspecified atom stereocenters. The number of carbonyl (C=O) groups excluding carboxylic acids is 1. The maximum Gasteiger partial charge on any atom is 0.282 e. The summed E-state index contributed by atoms with van der Waals surface area (Å²) in [6, 6.07) is 3.94. The lowest BCUT2D eigenvalue weighted by atomic mass is 10.1. The zero-order chi connectivity index (χ0) is 14.7. The van der Waals surface area contributed by atoms with Crippen LogP contribution in [0, 0.1) is 10.1 Å². The third-order valence-electron chi connectivity index (χ3n) is 2.77. The molecule has 1 aromatic heterocycles. The normalized spacial score (nSPS) is 10.2. The van der Waals surface area contributed by atoms with Crippen LogP contribution in [0.5, 0.6) is 0 Å². The molecule has 2 aromatic rings. The number of hydrogen-bond donors (Lipinski definition) is 2. The van der Waals surface area contributed by atoms with Crippen LogP contribution >= 0.6 is 0 Å². The Morgan fingerprint density at radius 3 is 2.90 bits per heavy atom. The highest BCUT2D eigenvalue weighted by molar-refractivity contribution is 5.98. The summed E-state index contributed by atoms with van der Waals surface area (Å²) >= 11 is 0. The molecule has 0 fully saturated rings. The van der Waals surface area contributed by atoms with Crippen LogP contribution in [-0.2, 0) is 6.54 Å². The molecular weight excluding hydrogens is 262 g/mol. The van der Waals surface area contributed by atoms with Crippen LogP contribution in [0.2, 0.25) is 0 Å². The molecule has 0 aliphatic rings. The van der Waals surface area contributed by atoms with E-state index >= 15 is 0 Å². The molecular formula is C12H13N5O3. The Morgan fingerprint density at radius 1 is 1.55 bits per heavy atom. The highest BCUT2D eigenvalue weighted by Gasteiger charge is 2.23. The Kier molecular flexibility index (Phi) is 3.65. The van der Waals surface area contributed by atoms with Crippen molar-refractivity contribution < 1.29 is 9.72 Å². The van der Waals surface area contributed by atoms with Crippen molar-refractivity contribution >= 4 is 17.3 Å². The first kappa shape index (κ1) is 13.5. The van der Waals surface area contributed by atoms with Crippen molar-refractivity contribution in [1.82, 2.24) is 15.1 Å². The first-order chi connectivity index (χ1) is 9.49. The van der Waals surface area contributed by atoms with Crippen LogP contribution < -0.4 is 5.73 Å². The second-order valence-corrected chi connectivity index (χ2v) is 4.30. The summed E-state index contributed by atoms with van der Waals surface area (Å²) in [6.45, 7) is 0.293. The summed E-state index contributed by atoms with van der Waals surface area (Å²) in [5.74, 6) is -0.467. The number of H-pyrrole nitrogens is 1. The molecule has 0 bridgehead atoms. The highest BCUT2D eigenvalue weighted by Crippen LogP contribution is 2.23. The Labute approximate surface area is 114 Å². The van der Waals surface area contributed by atoms with E-state index in [9.17, 15) is 14.9 Å². The van der Waals surface area contributed by atoms with Crippen molar-refractivity contribution in [2.75, 3.05) is 12.8 Å². The SMILES string of the molecule is CN(Cc1cn[nH]c1)C(=O)c1cc(N)ccc1[N+](=O)[O-]. The maximum absolute atomic E-state index is 12.3. The number of nitro benzene ring substituents is 1. The van der Waals surface area contributed by atoms with Crippen molar-refractivity contribution in [1.29, 1.82) is 0 Å². The van der Waals surface area contributed by atoms with Crippen molar-refractivity contribution in [3.05, 3.63) is 51.8 Å². The van der Waals surface area contributed by atoms with E-state index in [-0.39, 0.29) is 11.3 Å². The number of amides is 1. The number of hydrogen-bond acceptors (Lipinski definition) is 5. The molecule has 2 rings (SSSR count). The monoisotopic (exact) mass is 275 g/mol. The number of nitro groups is 1. The summed E-state index contributed by atoms with van der Waals surface area (Å²) in [7, 11) is 1.56. The van der Waals surface area contributed by atoms with E-state index in [1.807, 2.05) is 0 Å². The first-order valence-corrected chi connectivity index (χ1v) is 5.76. The zero-order valence-corrected chi connectivity index (χ0v) is 10.7. The minimum absolute atomic E-state index is 0.0269. The van der Waals surface area contributed by atoms with E-state index in [1.54, 1.807) is 19.4 Å². The fraction of sp³-hybridized carbons (Fsp3) is 0.167. The van der Waals surface area contributed by atoms with Gasteiger partial charge in [0.1, 0.15) is 5.56 Å². The van der Waals surface area contributed by atoms with Gasteiger partial charge in [-0.25, -0.2) is 0 Å². The number of benzene rings is 1. The van der Waals surface area contributed by atoms with Crippen LogP contribution in [-0.4, -0.2) is 33.0 Å². The van der Waals surface area contributed by atoms with Gasteiger partial charge in [0.2, 0.25) is 0 Å². The molecule has 1 amide bonds.